The van der Waals surface area contributed by atoms with Gasteiger partial charge in [0.2, 0.25) is 5.89 Å². The number of hydrogen-bond acceptors (Lipinski definition) is 5. The van der Waals surface area contributed by atoms with E-state index in [0.717, 1.165) is 17.0 Å². The van der Waals surface area contributed by atoms with Crippen LogP contribution < -0.4 is 5.32 Å². The zero-order valence-corrected chi connectivity index (χ0v) is 15.5. The lowest BCUT2D eigenvalue weighted by molar-refractivity contribution is 0.0621. The molecule has 1 N–H and O–H groups in total. The van der Waals surface area contributed by atoms with Crippen LogP contribution in [0.25, 0.3) is 21.9 Å². The van der Waals surface area contributed by atoms with Crippen LogP contribution in [-0.4, -0.2) is 41.5 Å². The number of fused-ring (bicyclic) bond motifs is 4. The minimum absolute atomic E-state index is 0.0444. The summed E-state index contributed by atoms with van der Waals surface area (Å²) in [5, 5.41) is 5.28. The number of nitrogens with one attached hydrogen (secondary N) is 1. The number of piperidine rings is 3. The number of aryl methyl sites for hydroxylation is 1. The molecule has 134 valence electrons. The molecular weight excluding hydrogens is 346 g/mol. The number of carbonyl (C=O) groups is 1. The van der Waals surface area contributed by atoms with E-state index in [9.17, 15) is 4.79 Å². The van der Waals surface area contributed by atoms with Crippen LogP contribution in [-0.2, 0) is 0 Å². The van der Waals surface area contributed by atoms with Crippen molar-refractivity contribution in [3.63, 3.8) is 0 Å². The van der Waals surface area contributed by atoms with Gasteiger partial charge in [0.15, 0.2) is 5.58 Å². The van der Waals surface area contributed by atoms with Gasteiger partial charge in [-0.3, -0.25) is 4.79 Å². The van der Waals surface area contributed by atoms with Crippen molar-refractivity contribution in [1.82, 2.24) is 15.2 Å². The number of nitrogens with zero attached hydrogens (tertiary/aromatic N) is 2. The zero-order chi connectivity index (χ0) is 17.7. The lowest BCUT2D eigenvalue weighted by Crippen LogP contribution is -2.57. The maximum absolute atomic E-state index is 13.0. The number of benzene rings is 1. The van der Waals surface area contributed by atoms with Crippen molar-refractivity contribution in [2.45, 2.75) is 25.8 Å². The Balaban J connectivity index is 1.46. The van der Waals surface area contributed by atoms with Crippen LogP contribution in [0.5, 0.6) is 0 Å². The first-order chi connectivity index (χ1) is 12.7. The van der Waals surface area contributed by atoms with Crippen LogP contribution in [0.4, 0.5) is 0 Å². The Labute approximate surface area is 156 Å². The van der Waals surface area contributed by atoms with Gasteiger partial charge in [-0.25, -0.2) is 4.98 Å². The molecule has 1 aromatic carbocycles. The first-order valence-corrected chi connectivity index (χ1v) is 10.0. The Kier molecular flexibility index (Phi) is 3.83. The molecule has 0 radical (unpaired) electrons. The molecule has 0 aliphatic carbocycles. The Morgan fingerprint density at radius 2 is 2.15 bits per heavy atom. The SMILES string of the molecule is Cc1ccsc1-c1nc2c(C(=O)N[C@@H]3CN4CCC3CC4)cccc2o1. The smallest absolute Gasteiger partial charge is 0.253 e. The highest BCUT2D eigenvalue weighted by Gasteiger charge is 2.35. The fourth-order valence-electron chi connectivity index (χ4n) is 4.20. The van der Waals surface area contributed by atoms with Crippen LogP contribution in [0.3, 0.4) is 0 Å². The molecule has 3 aromatic rings. The van der Waals surface area contributed by atoms with E-state index in [1.54, 1.807) is 11.3 Å². The largest absolute Gasteiger partial charge is 0.435 e. The number of thiophene rings is 1. The van der Waals surface area contributed by atoms with Crippen molar-refractivity contribution in [2.24, 2.45) is 5.92 Å². The third kappa shape index (κ3) is 2.64. The van der Waals surface area contributed by atoms with Crippen LogP contribution >= 0.6 is 11.3 Å². The molecule has 26 heavy (non-hydrogen) atoms. The summed E-state index contributed by atoms with van der Waals surface area (Å²) in [7, 11) is 0. The molecule has 0 unspecified atom stereocenters. The van der Waals surface area contributed by atoms with E-state index < -0.39 is 0 Å². The molecule has 1 amide bonds. The highest BCUT2D eigenvalue weighted by Crippen LogP contribution is 2.32. The molecule has 1 atom stereocenters. The van der Waals surface area contributed by atoms with E-state index in [2.05, 4.69) is 21.3 Å². The van der Waals surface area contributed by atoms with Gasteiger partial charge >= 0.3 is 0 Å². The Hall–Kier alpha value is -2.18. The van der Waals surface area contributed by atoms with Gasteiger partial charge in [0.05, 0.1) is 10.4 Å². The minimum Gasteiger partial charge on any atom is -0.435 e. The van der Waals surface area contributed by atoms with Crippen LogP contribution in [0.2, 0.25) is 0 Å². The van der Waals surface area contributed by atoms with E-state index in [4.69, 9.17) is 4.42 Å². The molecular formula is C20H21N3O2S. The summed E-state index contributed by atoms with van der Waals surface area (Å²) in [6.45, 7) is 5.34. The Morgan fingerprint density at radius 3 is 2.85 bits per heavy atom. The van der Waals surface area contributed by atoms with E-state index in [1.807, 2.05) is 30.5 Å². The highest BCUT2D eigenvalue weighted by molar-refractivity contribution is 7.13. The molecule has 5 nitrogen and oxygen atoms in total. The second-order valence-corrected chi connectivity index (χ2v) is 8.24. The van der Waals surface area contributed by atoms with E-state index in [1.165, 1.54) is 25.9 Å². The quantitative estimate of drug-likeness (QED) is 0.767. The molecule has 2 aromatic heterocycles. The van der Waals surface area contributed by atoms with Crippen molar-refractivity contribution >= 4 is 28.3 Å². The maximum Gasteiger partial charge on any atom is 0.253 e. The first-order valence-electron chi connectivity index (χ1n) is 9.16. The lowest BCUT2D eigenvalue weighted by Gasteiger charge is -2.44. The van der Waals surface area contributed by atoms with Gasteiger partial charge in [-0.1, -0.05) is 6.07 Å². The maximum atomic E-state index is 13.0. The van der Waals surface area contributed by atoms with Gasteiger partial charge in [-0.05, 0) is 67.9 Å². The number of hydrogen-bond donors (Lipinski definition) is 1. The summed E-state index contributed by atoms with van der Waals surface area (Å²) in [5.74, 6) is 1.15. The number of carbonyl (C=O) groups excluding carboxylic acids is 1. The predicted molar refractivity (Wildman–Crippen MR) is 102 cm³/mol. The molecule has 3 aliphatic heterocycles. The summed E-state index contributed by atoms with van der Waals surface area (Å²) in [5.41, 5.74) is 3.05. The topological polar surface area (TPSA) is 58.4 Å². The summed E-state index contributed by atoms with van der Waals surface area (Å²) < 4.78 is 5.93. The van der Waals surface area contributed by atoms with E-state index in [0.29, 0.717) is 28.5 Å². The Bertz CT molecular complexity index is 969. The van der Waals surface area contributed by atoms with Crippen molar-refractivity contribution in [3.8, 4) is 10.8 Å². The summed E-state index contributed by atoms with van der Waals surface area (Å²) in [6.07, 6.45) is 2.36. The zero-order valence-electron chi connectivity index (χ0n) is 14.7. The van der Waals surface area contributed by atoms with Gasteiger partial charge in [0.1, 0.15) is 5.52 Å². The average molecular weight is 367 g/mol. The van der Waals surface area contributed by atoms with Crippen molar-refractivity contribution in [2.75, 3.05) is 19.6 Å². The van der Waals surface area contributed by atoms with Crippen molar-refractivity contribution < 1.29 is 9.21 Å². The normalized spacial score (nSPS) is 24.9. The standard InChI is InChI=1S/C20H21N3O2S/c1-12-7-10-26-18(12)20-22-17-14(3-2-4-16(17)25-20)19(24)21-15-11-23-8-5-13(15)6-9-23/h2-4,7,10,13,15H,5-6,8-9,11H2,1H3,(H,21,24)/t15-/m1/s1. The average Bonchev–Trinajstić information content (AvgIpc) is 3.27. The van der Waals surface area contributed by atoms with Crippen LogP contribution in [0.1, 0.15) is 28.8 Å². The lowest BCUT2D eigenvalue weighted by atomic mass is 9.84. The highest BCUT2D eigenvalue weighted by atomic mass is 32.1. The molecule has 3 aliphatic rings. The van der Waals surface area contributed by atoms with Gasteiger partial charge in [-0.15, -0.1) is 11.3 Å². The molecule has 2 bridgehead atoms. The monoisotopic (exact) mass is 367 g/mol. The van der Waals surface area contributed by atoms with Crippen LogP contribution in [0, 0.1) is 12.8 Å². The molecule has 6 rings (SSSR count). The Morgan fingerprint density at radius 1 is 1.31 bits per heavy atom. The van der Waals surface area contributed by atoms with Crippen LogP contribution in [0.15, 0.2) is 34.1 Å². The minimum atomic E-state index is -0.0444. The summed E-state index contributed by atoms with van der Waals surface area (Å²) >= 11 is 1.61. The molecule has 3 saturated heterocycles. The fourth-order valence-corrected chi connectivity index (χ4v) is 5.05. The molecule has 5 heterocycles. The second-order valence-electron chi connectivity index (χ2n) is 7.32. The number of aromatic nitrogens is 1. The molecule has 3 fully saturated rings. The van der Waals surface area contributed by atoms with E-state index >= 15 is 0 Å². The number of amides is 1. The third-order valence-corrected chi connectivity index (χ3v) is 6.70. The second kappa shape index (κ2) is 6.21. The third-order valence-electron chi connectivity index (χ3n) is 5.69. The predicted octanol–water partition coefficient (Wildman–Crippen LogP) is 3.69. The number of rotatable bonds is 3. The van der Waals surface area contributed by atoms with Crippen molar-refractivity contribution in [1.29, 1.82) is 0 Å². The molecule has 0 spiro atoms. The van der Waals surface area contributed by atoms with E-state index in [-0.39, 0.29) is 11.9 Å². The van der Waals surface area contributed by atoms with Gasteiger partial charge in [0.25, 0.3) is 5.91 Å². The number of para-hydroxylation sites is 1. The van der Waals surface area contributed by atoms with Gasteiger partial charge in [0, 0.05) is 12.6 Å². The molecule has 6 heteroatoms. The van der Waals surface area contributed by atoms with Gasteiger partial charge < -0.3 is 14.6 Å². The fraction of sp³-hybridized carbons (Fsp3) is 0.400. The summed E-state index contributed by atoms with van der Waals surface area (Å²) in [6, 6.07) is 7.87. The first kappa shape index (κ1) is 16.0. The molecule has 0 saturated carbocycles. The number of oxazole rings is 1. The van der Waals surface area contributed by atoms with Gasteiger partial charge in [-0.2, -0.15) is 0 Å². The van der Waals surface area contributed by atoms with Crippen molar-refractivity contribution in [3.05, 3.63) is 40.8 Å². The summed E-state index contributed by atoms with van der Waals surface area (Å²) in [4.78, 5) is 21.1.